The molecule has 66 heavy (non-hydrogen) atoms. The Morgan fingerprint density at radius 3 is 2.41 bits per heavy atom. The van der Waals surface area contributed by atoms with Crippen molar-refractivity contribution in [3.8, 4) is 44.7 Å². The number of fused-ring (bicyclic) bond motifs is 9. The van der Waals surface area contributed by atoms with Crippen molar-refractivity contribution in [3.05, 3.63) is 99.3 Å². The van der Waals surface area contributed by atoms with E-state index < -0.39 is 24.0 Å². The molecule has 0 radical (unpaired) electrons. The average Bonchev–Trinajstić information content (AvgIpc) is 3.71. The summed E-state index contributed by atoms with van der Waals surface area (Å²) in [5, 5.41) is 22.3. The second-order valence-corrected chi connectivity index (χ2v) is 19.4. The van der Waals surface area contributed by atoms with Crippen LogP contribution in [0.25, 0.3) is 31.8 Å². The topological polar surface area (TPSA) is 156 Å². The van der Waals surface area contributed by atoms with E-state index in [1.807, 2.05) is 13.8 Å². The molecule has 8 heterocycles. The van der Waals surface area contributed by atoms with Gasteiger partial charge >= 0.3 is 5.97 Å². The number of halogens is 3. The number of thiophene rings is 1. The minimum Gasteiger partial charge on any atom is -0.490 e. The molecule has 3 aromatic heterocycles. The van der Waals surface area contributed by atoms with Gasteiger partial charge in [-0.3, -0.25) is 4.90 Å². The first-order chi connectivity index (χ1) is 31.9. The lowest BCUT2D eigenvalue weighted by Crippen LogP contribution is -2.58. The fourth-order valence-corrected chi connectivity index (χ4v) is 11.2. The number of carbonyl (C=O) groups is 1. The molecule has 1 aliphatic carbocycles. The third-order valence-corrected chi connectivity index (χ3v) is 15.3. The van der Waals surface area contributed by atoms with E-state index >= 15 is 0 Å². The molecule has 344 valence electrons. The van der Waals surface area contributed by atoms with Crippen molar-refractivity contribution >= 4 is 56.7 Å². The second kappa shape index (κ2) is 18.4. The number of piperidine rings is 2. The van der Waals surface area contributed by atoms with Gasteiger partial charge in [-0.1, -0.05) is 35.3 Å². The van der Waals surface area contributed by atoms with Crippen molar-refractivity contribution in [2.75, 3.05) is 64.4 Å². The van der Waals surface area contributed by atoms with Gasteiger partial charge in [0.05, 0.1) is 27.2 Å². The number of rotatable bonds is 8. The highest BCUT2D eigenvalue weighted by Gasteiger charge is 2.46. The summed E-state index contributed by atoms with van der Waals surface area (Å²) in [6.07, 6.45) is 1.63. The molecule has 5 aliphatic heterocycles. The average molecular weight is 957 g/mol. The van der Waals surface area contributed by atoms with E-state index in [0.29, 0.717) is 107 Å². The SMILES string of the molecule is Cc1c(Cl)c2c(Cl)c(C)c1-c1c(-c3ccc(F)cc3)sc3ncnc(c13)O[C@@H](C(=O)O)Cc1cc(ccc1OCc1ccnc(N3C[C@H]4C[C@@H](C3)[C@H]4O)n1)OC[C@@H](CN1CCN(C)CC1)O2. The van der Waals surface area contributed by atoms with Crippen LogP contribution >= 0.6 is 34.5 Å². The molecule has 18 heteroatoms. The number of nitrogens with zero attached hydrogens (tertiary/aromatic N) is 7. The van der Waals surface area contributed by atoms with Crippen molar-refractivity contribution in [1.29, 1.82) is 0 Å². The minimum atomic E-state index is -1.46. The van der Waals surface area contributed by atoms with Crippen LogP contribution in [-0.2, 0) is 17.8 Å². The van der Waals surface area contributed by atoms with Gasteiger partial charge in [-0.2, -0.15) is 0 Å². The number of anilines is 1. The number of carboxylic acid groups (broad SMARTS) is 1. The summed E-state index contributed by atoms with van der Waals surface area (Å²) >= 11 is 16.0. The lowest BCUT2D eigenvalue weighted by molar-refractivity contribution is -0.145. The van der Waals surface area contributed by atoms with Crippen LogP contribution in [-0.4, -0.2) is 124 Å². The summed E-state index contributed by atoms with van der Waals surface area (Å²) in [4.78, 5) is 39.8. The third-order valence-electron chi connectivity index (χ3n) is 13.2. The molecule has 0 unspecified atom stereocenters. The van der Waals surface area contributed by atoms with Crippen LogP contribution in [0.4, 0.5) is 10.3 Å². The van der Waals surface area contributed by atoms with Crippen LogP contribution < -0.4 is 23.8 Å². The van der Waals surface area contributed by atoms with Crippen molar-refractivity contribution in [2.45, 2.75) is 51.6 Å². The predicted octanol–water partition coefficient (Wildman–Crippen LogP) is 7.74. The van der Waals surface area contributed by atoms with Crippen LogP contribution in [0.15, 0.2) is 61.1 Å². The lowest BCUT2D eigenvalue weighted by atomic mass is 9.68. The number of aromatic nitrogens is 4. The smallest absolute Gasteiger partial charge is 0.345 e. The second-order valence-electron chi connectivity index (χ2n) is 17.6. The van der Waals surface area contributed by atoms with Crippen LogP contribution in [0.5, 0.6) is 23.1 Å². The number of aliphatic hydroxyl groups is 1. The summed E-state index contributed by atoms with van der Waals surface area (Å²) < 4.78 is 40.6. The number of hydrogen-bond donors (Lipinski definition) is 2. The van der Waals surface area contributed by atoms with Gasteiger partial charge in [0.15, 0.2) is 5.75 Å². The van der Waals surface area contributed by atoms with E-state index in [9.17, 15) is 19.4 Å². The zero-order valence-electron chi connectivity index (χ0n) is 36.5. The van der Waals surface area contributed by atoms with Crippen LogP contribution in [0.2, 0.25) is 10.0 Å². The minimum absolute atomic E-state index is 0.0289. The summed E-state index contributed by atoms with van der Waals surface area (Å²) in [6, 6.07) is 13.2. The number of aliphatic carboxylic acids is 1. The Morgan fingerprint density at radius 2 is 1.70 bits per heavy atom. The van der Waals surface area contributed by atoms with E-state index in [2.05, 4.69) is 36.7 Å². The highest BCUT2D eigenvalue weighted by atomic mass is 35.5. The number of aliphatic hydroxyl groups excluding tert-OH is 1. The molecule has 0 amide bonds. The number of hydrogen-bond acceptors (Lipinski definition) is 14. The van der Waals surface area contributed by atoms with Crippen molar-refractivity contribution in [2.24, 2.45) is 11.8 Å². The lowest BCUT2D eigenvalue weighted by Gasteiger charge is -2.51. The van der Waals surface area contributed by atoms with Gasteiger partial charge in [0.25, 0.3) is 0 Å². The highest BCUT2D eigenvalue weighted by Crippen LogP contribution is 2.53. The maximum absolute atomic E-state index is 14.4. The molecule has 0 spiro atoms. The monoisotopic (exact) mass is 955 g/mol. The molecule has 4 fully saturated rings. The molecule has 6 aliphatic rings. The molecule has 6 aromatic rings. The summed E-state index contributed by atoms with van der Waals surface area (Å²) in [5.41, 5.74) is 4.41. The molecule has 5 atom stereocenters. The molecule has 1 saturated carbocycles. The van der Waals surface area contributed by atoms with Gasteiger partial charge in [-0.05, 0) is 86.0 Å². The number of carboxylic acids is 1. The first-order valence-corrected chi connectivity index (χ1v) is 23.6. The van der Waals surface area contributed by atoms with Gasteiger partial charge < -0.3 is 39.0 Å². The van der Waals surface area contributed by atoms with Crippen molar-refractivity contribution in [1.82, 2.24) is 29.7 Å². The van der Waals surface area contributed by atoms with Crippen molar-refractivity contribution in [3.63, 3.8) is 0 Å². The molecule has 3 saturated heterocycles. The number of piperazine rings is 1. The largest absolute Gasteiger partial charge is 0.490 e. The summed E-state index contributed by atoms with van der Waals surface area (Å²) in [6.45, 7) is 9.31. The molecule has 14 nitrogen and oxygen atoms in total. The summed E-state index contributed by atoms with van der Waals surface area (Å²) in [5.74, 6) is 0.591. The van der Waals surface area contributed by atoms with Crippen LogP contribution in [0, 0.1) is 31.5 Å². The van der Waals surface area contributed by atoms with Gasteiger partial charge in [0.2, 0.25) is 17.9 Å². The molecule has 3 aromatic carbocycles. The van der Waals surface area contributed by atoms with Crippen LogP contribution in [0.1, 0.15) is 28.8 Å². The Morgan fingerprint density at radius 1 is 0.955 bits per heavy atom. The predicted molar refractivity (Wildman–Crippen MR) is 250 cm³/mol. The molecule has 6 bridgehead atoms. The number of benzene rings is 3. The van der Waals surface area contributed by atoms with Gasteiger partial charge in [0, 0.05) is 86.3 Å². The Kier molecular flexibility index (Phi) is 12.4. The zero-order chi connectivity index (χ0) is 45.8. The quantitative estimate of drug-likeness (QED) is 0.153. The fraction of sp³-hybridized carbons (Fsp3) is 0.396. The number of likely N-dealkylation sites (N-methyl/N-ethyl adjacent to an activating group) is 1. The van der Waals surface area contributed by atoms with Crippen LogP contribution in [0.3, 0.4) is 0 Å². The van der Waals surface area contributed by atoms with E-state index in [4.69, 9.17) is 47.1 Å². The van der Waals surface area contributed by atoms with Gasteiger partial charge in [0.1, 0.15) is 47.8 Å². The standard InChI is InChI=1S/C48H48Cl2FN7O7S/c1-25-37-26(2)41(50)43(40(25)49)64-34(21-57-14-12-56(3)13-15-57)23-62-33-8-9-35(63-22-32-10-11-52-48(55-32)58-19-29-16-30(20-58)42(29)59)28(17-33)18-36(47(60)61)65-45-39-38(37)44(66-46(39)54-24-53-45)27-4-6-31(51)7-5-27/h4-11,17,24,29-30,34,36,42,59H,12-16,18-23H2,1-3H3,(H,60,61)/t29-,30+,34-,36-,42+/m1/s1. The Labute approximate surface area is 394 Å². The Hall–Kier alpha value is -5.36. The van der Waals surface area contributed by atoms with E-state index in [0.717, 1.165) is 32.6 Å². The van der Waals surface area contributed by atoms with Gasteiger partial charge in [-0.15, -0.1) is 11.3 Å². The normalized spacial score (nSPS) is 22.2. The molecule has 2 N–H and O–H groups in total. The van der Waals surface area contributed by atoms with E-state index in [-0.39, 0.29) is 43.5 Å². The van der Waals surface area contributed by atoms with E-state index in [1.165, 1.54) is 29.8 Å². The highest BCUT2D eigenvalue weighted by molar-refractivity contribution is 7.22. The Balaban J connectivity index is 1.07. The first kappa shape index (κ1) is 44.5. The van der Waals surface area contributed by atoms with Gasteiger partial charge in [-0.25, -0.2) is 29.1 Å². The molecule has 12 rings (SSSR count). The maximum atomic E-state index is 14.4. The zero-order valence-corrected chi connectivity index (χ0v) is 38.9. The maximum Gasteiger partial charge on any atom is 0.345 e. The summed E-state index contributed by atoms with van der Waals surface area (Å²) in [7, 11) is 2.10. The molecular formula is C48H48Cl2FN7O7S. The van der Waals surface area contributed by atoms with Crippen molar-refractivity contribution < 1.29 is 38.3 Å². The Bertz CT molecular complexity index is 2770. The van der Waals surface area contributed by atoms with E-state index in [1.54, 1.807) is 42.6 Å². The number of ether oxygens (including phenoxy) is 4. The first-order valence-electron chi connectivity index (χ1n) is 22.0. The third kappa shape index (κ3) is 8.70. The fourth-order valence-electron chi connectivity index (χ4n) is 9.51. The molecular weight excluding hydrogens is 909 g/mol.